The molecule has 67 heavy (non-hydrogen) atoms. The molecule has 4 atom stereocenters. The van der Waals surface area contributed by atoms with Crippen molar-refractivity contribution < 1.29 is 62.5 Å². The number of carbonyl (C=O) groups excluding carboxylic acids is 6. The van der Waals surface area contributed by atoms with Gasteiger partial charge in [-0.1, -0.05) is 51.1 Å². The summed E-state index contributed by atoms with van der Waals surface area (Å²) in [6, 6.07) is 11.1. The van der Waals surface area contributed by atoms with Gasteiger partial charge in [-0.2, -0.15) is 12.6 Å². The summed E-state index contributed by atoms with van der Waals surface area (Å²) in [5.74, 6) is -5.90. The number of carboxylic acid groups (broad SMARTS) is 2. The number of nitrogens with one attached hydrogen (secondary N) is 3. The van der Waals surface area contributed by atoms with E-state index in [0.29, 0.717) is 23.6 Å². The topological polar surface area (TPSA) is 268 Å². The predicted octanol–water partition coefficient (Wildman–Crippen LogP) is 3.84. The average molecular weight is 959 g/mol. The second-order valence-electron chi connectivity index (χ2n) is 16.9. The zero-order chi connectivity index (χ0) is 50.3. The van der Waals surface area contributed by atoms with E-state index in [1.807, 2.05) is 55.7 Å². The Morgan fingerprint density at radius 1 is 0.896 bits per heavy atom. The van der Waals surface area contributed by atoms with Gasteiger partial charge < -0.3 is 51.3 Å². The summed E-state index contributed by atoms with van der Waals surface area (Å²) in [7, 11) is 1.73. The van der Waals surface area contributed by atoms with E-state index in [0.717, 1.165) is 30.0 Å². The van der Waals surface area contributed by atoms with Crippen molar-refractivity contribution in [1.82, 2.24) is 25.4 Å². The Bertz CT molecular complexity index is 2130. The summed E-state index contributed by atoms with van der Waals surface area (Å²) < 4.78 is 31.2. The Labute approximate surface area is 394 Å². The summed E-state index contributed by atoms with van der Waals surface area (Å²) in [6.07, 6.45) is 0.642. The third-order valence-electron chi connectivity index (χ3n) is 10.5. The van der Waals surface area contributed by atoms with Gasteiger partial charge in [-0.25, -0.2) is 8.78 Å². The van der Waals surface area contributed by atoms with Crippen molar-refractivity contribution in [2.24, 2.45) is 11.1 Å². The third kappa shape index (κ3) is 20.3. The number of Topliss-reactive ketones (excluding diaryl/α,β-unsaturated/α-hetero) is 2. The number of halogens is 2. The van der Waals surface area contributed by atoms with Crippen LogP contribution in [0.15, 0.2) is 60.8 Å². The number of aldehydes is 1. The molecule has 0 saturated heterocycles. The van der Waals surface area contributed by atoms with Crippen LogP contribution in [-0.4, -0.2) is 123 Å². The van der Waals surface area contributed by atoms with Crippen LogP contribution in [0.4, 0.5) is 8.78 Å². The Morgan fingerprint density at radius 3 is 2.12 bits per heavy atom. The van der Waals surface area contributed by atoms with E-state index in [9.17, 15) is 47.9 Å². The maximum Gasteiger partial charge on any atom is 0.303 e. The second-order valence-corrected chi connectivity index (χ2v) is 17.2. The zero-order valence-electron chi connectivity index (χ0n) is 38.3. The van der Waals surface area contributed by atoms with Crippen LogP contribution in [-0.2, 0) is 44.9 Å². The third-order valence-corrected chi connectivity index (χ3v) is 10.9. The summed E-state index contributed by atoms with van der Waals surface area (Å²) in [5, 5.41) is 35.8. The molecular weight excluding hydrogens is 895 g/mol. The van der Waals surface area contributed by atoms with E-state index in [2.05, 4.69) is 28.6 Å². The van der Waals surface area contributed by atoms with E-state index in [4.69, 9.17) is 15.9 Å². The highest BCUT2D eigenvalue weighted by atomic mass is 32.1. The smallest absolute Gasteiger partial charge is 0.303 e. The number of likely N-dealkylation sites (N-methyl/N-ethyl adjacent to an activating group) is 1. The van der Waals surface area contributed by atoms with Crippen molar-refractivity contribution in [2.75, 3.05) is 32.5 Å². The first-order valence-electron chi connectivity index (χ1n) is 21.8. The van der Waals surface area contributed by atoms with Crippen molar-refractivity contribution in [3.05, 3.63) is 83.7 Å². The molecule has 0 bridgehead atoms. The molecule has 0 fully saturated rings. The van der Waals surface area contributed by atoms with Crippen molar-refractivity contribution >= 4 is 60.1 Å². The summed E-state index contributed by atoms with van der Waals surface area (Å²) >= 11 is 3.88. The minimum Gasteiger partial charge on any atom is -0.481 e. The van der Waals surface area contributed by atoms with Gasteiger partial charge in [0.05, 0.1) is 30.6 Å². The van der Waals surface area contributed by atoms with E-state index < -0.39 is 89.4 Å². The van der Waals surface area contributed by atoms with Crippen molar-refractivity contribution in [3.63, 3.8) is 0 Å². The minimum absolute atomic E-state index is 0.00767. The summed E-state index contributed by atoms with van der Waals surface area (Å²) in [6.45, 7) is 5.03. The monoisotopic (exact) mass is 958 g/mol. The normalized spacial score (nSPS) is 12.9. The highest BCUT2D eigenvalue weighted by molar-refractivity contribution is 7.80. The highest BCUT2D eigenvalue weighted by Crippen LogP contribution is 2.41. The standard InChI is InChI=1S/C43H55F2N5O10.C4H9NOS/c1-43(2,3)41(35-22-28(31-23-29(44)11-14-32(31)45)25-49(35)24-27-8-5-4-6-9-27)50(38(55)26-51)21-19-33(46)42(60)47-20-7-10-36(53)34(15-18-40(58)59)48-37(54)16-12-30(52)13-17-39(56)57;1-5-4(2-6)3-7/h4-6,8-9,11,14,22-23,25,33-34,41,51H,7,10,12-13,15-21,24,26,46H2,1-3H3,(H,47,60)(H,48,54)(H,56,57)(H,58,59);2,4-5,7H,3H2,1H3/t33-,34+,41-;4-/m01/s1. The molecule has 0 radical (unpaired) electrons. The fraction of sp³-hybridized carbons (Fsp3) is 0.489. The first-order valence-corrected chi connectivity index (χ1v) is 22.4. The number of hydrogen-bond acceptors (Lipinski definition) is 12. The van der Waals surface area contributed by atoms with E-state index >= 15 is 4.39 Å². The van der Waals surface area contributed by atoms with Gasteiger partial charge in [0, 0.05) is 80.5 Å². The van der Waals surface area contributed by atoms with Gasteiger partial charge in [0.25, 0.3) is 0 Å². The van der Waals surface area contributed by atoms with Crippen LogP contribution in [0.3, 0.4) is 0 Å². The molecule has 17 nitrogen and oxygen atoms in total. The number of aliphatic hydroxyl groups is 1. The molecule has 3 aromatic rings. The van der Waals surface area contributed by atoms with Gasteiger partial charge in [-0.3, -0.25) is 33.6 Å². The first-order chi connectivity index (χ1) is 31.6. The van der Waals surface area contributed by atoms with Crippen LogP contribution in [0.1, 0.15) is 95.9 Å². The number of thiol groups is 1. The minimum atomic E-state index is -1.19. The quantitative estimate of drug-likeness (QED) is 0.0293. The molecule has 8 N–H and O–H groups in total. The average Bonchev–Trinajstić information content (AvgIpc) is 3.69. The molecule has 0 aliphatic rings. The summed E-state index contributed by atoms with van der Waals surface area (Å²) in [5.41, 5.74) is 7.44. The highest BCUT2D eigenvalue weighted by Gasteiger charge is 2.37. The Kier molecular flexibility index (Phi) is 24.8. The predicted molar refractivity (Wildman–Crippen MR) is 249 cm³/mol. The molecular formula is C47H64F2N6O11S. The van der Waals surface area contributed by atoms with Crippen molar-refractivity contribution in [2.45, 2.75) is 109 Å². The maximum atomic E-state index is 15.1. The molecule has 0 unspecified atom stereocenters. The number of aromatic nitrogens is 1. The Hall–Kier alpha value is -5.83. The number of aliphatic carboxylic acids is 2. The SMILES string of the molecule is CC(C)(C)[C@H](c1cc(-c2cc(F)ccc2F)cn1Cc1ccccc1)N(CC[C@H](N)C(=O)NCCCC(=O)[C@@H](CCC(=O)O)NC(=O)CCC(=O)CCC(=O)O)C(=O)CO.CN[C@H](C=O)CS. The van der Waals surface area contributed by atoms with Crippen LogP contribution in [0.5, 0.6) is 0 Å². The van der Waals surface area contributed by atoms with Crippen LogP contribution in [0.2, 0.25) is 0 Å². The number of ketones is 2. The molecule has 2 aromatic carbocycles. The van der Waals surface area contributed by atoms with Crippen LogP contribution >= 0.6 is 12.6 Å². The molecule has 0 aliphatic heterocycles. The largest absolute Gasteiger partial charge is 0.481 e. The van der Waals surface area contributed by atoms with E-state index in [1.165, 1.54) is 4.90 Å². The molecule has 1 aromatic heterocycles. The van der Waals surface area contributed by atoms with Gasteiger partial charge in [0.15, 0.2) is 5.78 Å². The van der Waals surface area contributed by atoms with E-state index in [1.54, 1.807) is 19.3 Å². The lowest BCUT2D eigenvalue weighted by Crippen LogP contribution is -2.47. The van der Waals surface area contributed by atoms with Crippen molar-refractivity contribution in [1.29, 1.82) is 0 Å². The van der Waals surface area contributed by atoms with Crippen LogP contribution in [0, 0.1) is 17.0 Å². The number of carbonyl (C=O) groups is 8. The number of aliphatic hydroxyl groups excluding tert-OH is 1. The van der Waals surface area contributed by atoms with Gasteiger partial charge in [-0.05, 0) is 61.6 Å². The molecule has 0 aliphatic carbocycles. The number of amides is 3. The molecule has 3 amide bonds. The molecule has 368 valence electrons. The second kappa shape index (κ2) is 29.0. The number of rotatable bonds is 28. The van der Waals surface area contributed by atoms with Gasteiger partial charge in [0.1, 0.15) is 30.3 Å². The number of nitrogens with zero attached hydrogens (tertiary/aromatic N) is 2. The molecule has 20 heteroatoms. The zero-order valence-corrected chi connectivity index (χ0v) is 39.2. The van der Waals surface area contributed by atoms with Gasteiger partial charge in [0.2, 0.25) is 17.7 Å². The van der Waals surface area contributed by atoms with Gasteiger partial charge in [-0.15, -0.1) is 0 Å². The maximum absolute atomic E-state index is 15.1. The summed E-state index contributed by atoms with van der Waals surface area (Å²) in [4.78, 5) is 97.0. The van der Waals surface area contributed by atoms with E-state index in [-0.39, 0.29) is 76.1 Å². The lowest BCUT2D eigenvalue weighted by atomic mass is 9.82. The van der Waals surface area contributed by atoms with Crippen LogP contribution in [0.25, 0.3) is 11.1 Å². The molecule has 1 heterocycles. The molecule has 0 saturated carbocycles. The molecule has 0 spiro atoms. The van der Waals surface area contributed by atoms with Crippen molar-refractivity contribution in [3.8, 4) is 11.1 Å². The number of nitrogens with two attached hydrogens (primary N) is 1. The Morgan fingerprint density at radius 2 is 1.55 bits per heavy atom. The number of hydrogen-bond donors (Lipinski definition) is 8. The fourth-order valence-electron chi connectivity index (χ4n) is 6.96. The fourth-order valence-corrected chi connectivity index (χ4v) is 7.23. The number of benzene rings is 2. The first kappa shape index (κ1) is 57.3. The molecule has 3 rings (SSSR count). The number of carboxylic acids is 2. The van der Waals surface area contributed by atoms with Crippen LogP contribution < -0.4 is 21.7 Å². The van der Waals surface area contributed by atoms with Gasteiger partial charge >= 0.3 is 11.9 Å². The lowest BCUT2D eigenvalue weighted by molar-refractivity contribution is -0.140. The lowest BCUT2D eigenvalue weighted by Gasteiger charge is -2.41. The Balaban J connectivity index is 0.00000203.